The van der Waals surface area contributed by atoms with Crippen LogP contribution in [-0.2, 0) is 56.4 Å². The zero-order chi connectivity index (χ0) is 41.0. The standard InChI is InChI=1S/C37H38F6N6O6/c1-35(2,3)55-34(54)49-29(17-23-6-12-27(13-7-23)21-47-33(53)37(41,42)43)31(51)48-28(30(50)45-19-25-14-8-24(18-44)9-15-25)16-22-4-10-26(11-5-22)20-46-32(52)36(38,39)40/h4-15,28-29H,16-17,19-21H2,1-3H3,(H,45,50)(H,46,52)(H,47,53)(H,48,51)(H,49,54)/t28-,29?/m0/s1. The van der Waals surface area contributed by atoms with Crippen LogP contribution in [0.5, 0.6) is 0 Å². The van der Waals surface area contributed by atoms with Crippen LogP contribution >= 0.6 is 0 Å². The molecule has 0 aliphatic heterocycles. The summed E-state index contributed by atoms with van der Waals surface area (Å²) in [5.41, 5.74) is 1.62. The van der Waals surface area contributed by atoms with Crippen LogP contribution in [0.4, 0.5) is 31.1 Å². The minimum Gasteiger partial charge on any atom is -0.444 e. The number of nitrogens with zero attached hydrogens (tertiary/aromatic N) is 1. The number of amides is 5. The van der Waals surface area contributed by atoms with Crippen molar-refractivity contribution in [3.8, 4) is 6.07 Å². The fourth-order valence-electron chi connectivity index (χ4n) is 4.77. The molecular weight excluding hydrogens is 738 g/mol. The molecule has 0 saturated heterocycles. The van der Waals surface area contributed by atoms with Crippen molar-refractivity contribution in [3.63, 3.8) is 0 Å². The maximum Gasteiger partial charge on any atom is 0.471 e. The van der Waals surface area contributed by atoms with E-state index in [1.54, 1.807) is 55.7 Å². The largest absolute Gasteiger partial charge is 0.471 e. The van der Waals surface area contributed by atoms with Crippen LogP contribution in [0, 0.1) is 11.3 Å². The molecule has 0 fully saturated rings. The third-order valence-electron chi connectivity index (χ3n) is 7.54. The first-order chi connectivity index (χ1) is 25.6. The molecule has 12 nitrogen and oxygen atoms in total. The van der Waals surface area contributed by atoms with E-state index in [-0.39, 0.29) is 19.4 Å². The molecule has 3 aromatic rings. The van der Waals surface area contributed by atoms with Gasteiger partial charge in [-0.25, -0.2) is 4.79 Å². The molecule has 2 atom stereocenters. The number of hydrogen-bond acceptors (Lipinski definition) is 7. The van der Waals surface area contributed by atoms with Gasteiger partial charge < -0.3 is 31.3 Å². The normalized spacial score (nSPS) is 12.7. The van der Waals surface area contributed by atoms with E-state index in [1.165, 1.54) is 48.5 Å². The van der Waals surface area contributed by atoms with E-state index in [1.807, 2.05) is 6.07 Å². The molecule has 5 N–H and O–H groups in total. The second-order valence-electron chi connectivity index (χ2n) is 13.2. The molecule has 18 heteroatoms. The molecule has 0 aromatic heterocycles. The monoisotopic (exact) mass is 776 g/mol. The van der Waals surface area contributed by atoms with Gasteiger partial charge in [0.05, 0.1) is 11.6 Å². The Morgan fingerprint density at radius 1 is 0.582 bits per heavy atom. The molecule has 294 valence electrons. The Bertz CT molecular complexity index is 1850. The molecule has 0 spiro atoms. The number of halogens is 6. The second kappa shape index (κ2) is 18.8. The van der Waals surface area contributed by atoms with Gasteiger partial charge in [-0.3, -0.25) is 19.2 Å². The summed E-state index contributed by atoms with van der Waals surface area (Å²) in [6.07, 6.45) is -11.4. The van der Waals surface area contributed by atoms with E-state index in [2.05, 4.69) is 16.0 Å². The maximum atomic E-state index is 13.8. The summed E-state index contributed by atoms with van der Waals surface area (Å²) in [4.78, 5) is 62.6. The molecule has 0 bridgehead atoms. The predicted molar refractivity (Wildman–Crippen MR) is 184 cm³/mol. The topological polar surface area (TPSA) is 179 Å². The summed E-state index contributed by atoms with van der Waals surface area (Å²) in [6, 6.07) is 17.4. The average molecular weight is 777 g/mol. The lowest BCUT2D eigenvalue weighted by molar-refractivity contribution is -0.173. The smallest absolute Gasteiger partial charge is 0.444 e. The third-order valence-corrected chi connectivity index (χ3v) is 7.54. The van der Waals surface area contributed by atoms with Gasteiger partial charge >= 0.3 is 30.3 Å². The van der Waals surface area contributed by atoms with Gasteiger partial charge in [-0.2, -0.15) is 31.6 Å². The highest BCUT2D eigenvalue weighted by molar-refractivity contribution is 5.91. The Morgan fingerprint density at radius 2 is 0.945 bits per heavy atom. The van der Waals surface area contributed by atoms with Crippen LogP contribution in [-0.4, -0.2) is 59.8 Å². The van der Waals surface area contributed by atoms with E-state index in [9.17, 15) is 50.3 Å². The lowest BCUT2D eigenvalue weighted by Gasteiger charge is -2.25. The Morgan fingerprint density at radius 3 is 1.33 bits per heavy atom. The number of carbonyl (C=O) groups is 5. The lowest BCUT2D eigenvalue weighted by atomic mass is 10.0. The van der Waals surface area contributed by atoms with Gasteiger partial charge in [0.25, 0.3) is 0 Å². The summed E-state index contributed by atoms with van der Waals surface area (Å²) < 4.78 is 80.8. The SMILES string of the molecule is CC(C)(C)OC(=O)NC(Cc1ccc(CNC(=O)C(F)(F)F)cc1)C(=O)N[C@@H](Cc1ccc(CNC(=O)C(F)(F)F)cc1)C(=O)NCc1ccc(C#N)cc1. The number of alkyl halides is 6. The summed E-state index contributed by atoms with van der Waals surface area (Å²) in [5, 5.41) is 20.4. The summed E-state index contributed by atoms with van der Waals surface area (Å²) in [5.74, 6) is -5.70. The summed E-state index contributed by atoms with van der Waals surface area (Å²) in [7, 11) is 0. The van der Waals surface area contributed by atoms with Crippen LogP contribution < -0.4 is 26.6 Å². The van der Waals surface area contributed by atoms with Gasteiger partial charge in [0.1, 0.15) is 17.7 Å². The fourth-order valence-corrected chi connectivity index (χ4v) is 4.77. The third kappa shape index (κ3) is 15.0. The van der Waals surface area contributed by atoms with Crippen molar-refractivity contribution in [3.05, 3.63) is 106 Å². The molecule has 5 amide bonds. The molecule has 0 aliphatic carbocycles. The Labute approximate surface area is 312 Å². The van der Waals surface area contributed by atoms with Gasteiger partial charge in [0.15, 0.2) is 0 Å². The average Bonchev–Trinajstić information content (AvgIpc) is 3.10. The lowest BCUT2D eigenvalue weighted by Crippen LogP contribution is -2.55. The number of ether oxygens (including phenoxy) is 1. The van der Waals surface area contributed by atoms with Crippen molar-refractivity contribution in [1.29, 1.82) is 5.26 Å². The summed E-state index contributed by atoms with van der Waals surface area (Å²) >= 11 is 0. The molecule has 3 rings (SSSR count). The van der Waals surface area contributed by atoms with Crippen LogP contribution in [0.2, 0.25) is 0 Å². The molecule has 0 saturated carbocycles. The number of carbonyl (C=O) groups excluding carboxylic acids is 5. The number of hydrogen-bond donors (Lipinski definition) is 5. The van der Waals surface area contributed by atoms with Crippen LogP contribution in [0.25, 0.3) is 0 Å². The predicted octanol–water partition coefficient (Wildman–Crippen LogP) is 4.39. The van der Waals surface area contributed by atoms with Crippen molar-refractivity contribution < 1.29 is 55.1 Å². The first-order valence-corrected chi connectivity index (χ1v) is 16.6. The highest BCUT2D eigenvalue weighted by atomic mass is 19.4. The molecule has 3 aromatic carbocycles. The zero-order valence-corrected chi connectivity index (χ0v) is 29.8. The first kappa shape index (κ1) is 43.3. The first-order valence-electron chi connectivity index (χ1n) is 16.6. The van der Waals surface area contributed by atoms with Crippen molar-refractivity contribution in [1.82, 2.24) is 26.6 Å². The Kier molecular flexibility index (Phi) is 14.8. The molecule has 0 heterocycles. The Hall–Kier alpha value is -6.12. The second-order valence-corrected chi connectivity index (χ2v) is 13.2. The van der Waals surface area contributed by atoms with Gasteiger partial charge in [0, 0.05) is 32.5 Å². The van der Waals surface area contributed by atoms with Crippen LogP contribution in [0.3, 0.4) is 0 Å². The minimum atomic E-state index is -5.06. The van der Waals surface area contributed by atoms with E-state index in [0.717, 1.165) is 0 Å². The number of alkyl carbamates (subject to hydrolysis) is 1. The van der Waals surface area contributed by atoms with Crippen LogP contribution in [0.1, 0.15) is 54.2 Å². The fraction of sp³-hybridized carbons (Fsp3) is 0.351. The van der Waals surface area contributed by atoms with Crippen molar-refractivity contribution >= 4 is 29.7 Å². The number of nitrogens with one attached hydrogen (secondary N) is 5. The minimum absolute atomic E-state index is 0.00408. The van der Waals surface area contributed by atoms with Gasteiger partial charge in [-0.1, -0.05) is 60.7 Å². The number of nitriles is 1. The van der Waals surface area contributed by atoms with Gasteiger partial charge in [-0.15, -0.1) is 0 Å². The number of benzene rings is 3. The zero-order valence-electron chi connectivity index (χ0n) is 29.8. The maximum absolute atomic E-state index is 13.8. The van der Waals surface area contributed by atoms with E-state index in [4.69, 9.17) is 10.00 Å². The van der Waals surface area contributed by atoms with Gasteiger partial charge in [0.2, 0.25) is 11.8 Å². The quantitative estimate of drug-likeness (QED) is 0.151. The van der Waals surface area contributed by atoms with Crippen LogP contribution in [0.15, 0.2) is 72.8 Å². The molecule has 0 radical (unpaired) electrons. The Balaban J connectivity index is 1.83. The summed E-state index contributed by atoms with van der Waals surface area (Å²) in [6.45, 7) is 3.95. The van der Waals surface area contributed by atoms with E-state index >= 15 is 0 Å². The molecular formula is C37H38F6N6O6. The highest BCUT2D eigenvalue weighted by Crippen LogP contribution is 2.17. The van der Waals surface area contributed by atoms with E-state index < -0.39 is 72.8 Å². The highest BCUT2D eigenvalue weighted by Gasteiger charge is 2.39. The molecule has 55 heavy (non-hydrogen) atoms. The van der Waals surface area contributed by atoms with Crippen molar-refractivity contribution in [2.75, 3.05) is 0 Å². The van der Waals surface area contributed by atoms with Gasteiger partial charge in [-0.05, 0) is 60.7 Å². The molecule has 0 aliphatic rings. The van der Waals surface area contributed by atoms with Crippen molar-refractivity contribution in [2.24, 2.45) is 0 Å². The molecule has 1 unspecified atom stereocenters. The number of rotatable bonds is 14. The van der Waals surface area contributed by atoms with Crippen molar-refractivity contribution in [2.45, 2.75) is 83.3 Å². The van der Waals surface area contributed by atoms with E-state index in [0.29, 0.717) is 33.4 Å².